The van der Waals surface area contributed by atoms with Crippen LogP contribution >= 0.6 is 0 Å². The van der Waals surface area contributed by atoms with Crippen molar-refractivity contribution in [3.8, 4) is 0 Å². The molecule has 0 aliphatic carbocycles. The van der Waals surface area contributed by atoms with E-state index in [1.54, 1.807) is 0 Å². The van der Waals surface area contributed by atoms with Crippen molar-refractivity contribution in [3.63, 3.8) is 0 Å². The van der Waals surface area contributed by atoms with Crippen molar-refractivity contribution in [1.29, 1.82) is 0 Å². The van der Waals surface area contributed by atoms with Crippen molar-refractivity contribution in [1.82, 2.24) is 4.90 Å². The summed E-state index contributed by atoms with van der Waals surface area (Å²) < 4.78 is 0. The third kappa shape index (κ3) is 4.85. The maximum Gasteiger partial charge on any atom is 0.224 e. The fourth-order valence-corrected chi connectivity index (χ4v) is 1.79. The monoisotopic (exact) mass is 249 g/mol. The van der Waals surface area contributed by atoms with E-state index in [2.05, 4.69) is 23.2 Å². The van der Waals surface area contributed by atoms with Gasteiger partial charge in [-0.3, -0.25) is 4.79 Å². The predicted molar refractivity (Wildman–Crippen MR) is 75.5 cm³/mol. The third-order valence-electron chi connectivity index (χ3n) is 2.63. The zero-order chi connectivity index (χ0) is 13.5. The van der Waals surface area contributed by atoms with Crippen molar-refractivity contribution in [2.45, 2.75) is 26.3 Å². The second kappa shape index (κ2) is 7.13. The fourth-order valence-electron chi connectivity index (χ4n) is 1.79. The van der Waals surface area contributed by atoms with Gasteiger partial charge in [0.2, 0.25) is 5.91 Å². The van der Waals surface area contributed by atoms with Crippen LogP contribution < -0.4 is 11.1 Å². The first kappa shape index (κ1) is 14.7. The van der Waals surface area contributed by atoms with E-state index in [4.69, 9.17) is 5.73 Å². The zero-order valence-corrected chi connectivity index (χ0v) is 11.5. The molecule has 0 radical (unpaired) electrons. The van der Waals surface area contributed by atoms with Crippen LogP contribution in [-0.2, 0) is 11.3 Å². The van der Waals surface area contributed by atoms with Gasteiger partial charge < -0.3 is 16.0 Å². The van der Waals surface area contributed by atoms with Gasteiger partial charge in [0.25, 0.3) is 0 Å². The average molecular weight is 249 g/mol. The molecule has 1 rings (SSSR count). The molecule has 0 bridgehead atoms. The number of nitrogens with two attached hydrogens (primary N) is 1. The van der Waals surface area contributed by atoms with E-state index in [1.807, 2.05) is 26.2 Å². The van der Waals surface area contributed by atoms with Crippen LogP contribution in [-0.4, -0.2) is 31.4 Å². The van der Waals surface area contributed by atoms with Gasteiger partial charge in [-0.25, -0.2) is 0 Å². The molecule has 0 saturated heterocycles. The molecule has 1 amide bonds. The summed E-state index contributed by atoms with van der Waals surface area (Å²) in [6.07, 6.45) is 1.20. The topological polar surface area (TPSA) is 58.4 Å². The summed E-state index contributed by atoms with van der Waals surface area (Å²) in [5, 5.41) is 2.96. The Morgan fingerprint density at radius 3 is 2.72 bits per heavy atom. The maximum atomic E-state index is 11.7. The molecule has 1 aromatic carbocycles. The minimum absolute atomic E-state index is 0.0318. The van der Waals surface area contributed by atoms with Gasteiger partial charge >= 0.3 is 0 Å². The average Bonchev–Trinajstić information content (AvgIpc) is 2.29. The lowest BCUT2D eigenvalue weighted by molar-refractivity contribution is -0.116. The number of hydrogen-bond donors (Lipinski definition) is 2. The number of amides is 1. The number of rotatable bonds is 6. The first-order valence-corrected chi connectivity index (χ1v) is 6.27. The molecule has 100 valence electrons. The Labute approximate surface area is 109 Å². The highest BCUT2D eigenvalue weighted by atomic mass is 16.1. The van der Waals surface area contributed by atoms with Crippen LogP contribution in [0.2, 0.25) is 0 Å². The van der Waals surface area contributed by atoms with E-state index in [0.29, 0.717) is 13.0 Å². The summed E-state index contributed by atoms with van der Waals surface area (Å²) in [4.78, 5) is 13.8. The van der Waals surface area contributed by atoms with Crippen molar-refractivity contribution >= 4 is 11.6 Å². The smallest absolute Gasteiger partial charge is 0.224 e. The Hall–Kier alpha value is -1.39. The minimum atomic E-state index is 0.0318. The Bertz CT molecular complexity index is 402. The second-order valence-corrected chi connectivity index (χ2v) is 4.84. The Kier molecular flexibility index (Phi) is 5.82. The van der Waals surface area contributed by atoms with Crippen LogP contribution in [0.5, 0.6) is 0 Å². The van der Waals surface area contributed by atoms with E-state index in [-0.39, 0.29) is 5.91 Å². The van der Waals surface area contributed by atoms with Crippen molar-refractivity contribution in [3.05, 3.63) is 29.3 Å². The van der Waals surface area contributed by atoms with Crippen LogP contribution in [0.25, 0.3) is 0 Å². The van der Waals surface area contributed by atoms with Gasteiger partial charge in [-0.1, -0.05) is 17.7 Å². The number of nitrogens with one attached hydrogen (secondary N) is 1. The fraction of sp³-hybridized carbons (Fsp3) is 0.500. The number of benzene rings is 1. The van der Waals surface area contributed by atoms with Gasteiger partial charge in [-0.2, -0.15) is 0 Å². The maximum absolute atomic E-state index is 11.7. The van der Waals surface area contributed by atoms with Crippen LogP contribution in [0.1, 0.15) is 24.0 Å². The molecule has 0 fully saturated rings. The second-order valence-electron chi connectivity index (χ2n) is 4.84. The Morgan fingerprint density at radius 1 is 1.39 bits per heavy atom. The summed E-state index contributed by atoms with van der Waals surface area (Å²) in [6, 6.07) is 6.09. The van der Waals surface area contributed by atoms with E-state index in [1.165, 1.54) is 5.56 Å². The highest BCUT2D eigenvalue weighted by Gasteiger charge is 2.07. The van der Waals surface area contributed by atoms with Gasteiger partial charge in [-0.15, -0.1) is 0 Å². The standard InChI is InChI=1S/C14H23N3O/c1-11-6-7-13(12(9-11)10-17(2)3)16-14(18)5-4-8-15/h6-7,9H,4-5,8,10,15H2,1-3H3,(H,16,18). The number of aryl methyl sites for hydroxylation is 1. The summed E-state index contributed by atoms with van der Waals surface area (Å²) >= 11 is 0. The summed E-state index contributed by atoms with van der Waals surface area (Å²) in [5.74, 6) is 0.0318. The van der Waals surface area contributed by atoms with Gasteiger partial charge in [0, 0.05) is 18.7 Å². The van der Waals surface area contributed by atoms with E-state index >= 15 is 0 Å². The molecular formula is C14H23N3O. The molecule has 0 heterocycles. The van der Waals surface area contributed by atoms with Crippen LogP contribution in [0, 0.1) is 6.92 Å². The first-order chi connectivity index (χ1) is 8.52. The molecule has 18 heavy (non-hydrogen) atoms. The van der Waals surface area contributed by atoms with Crippen LogP contribution in [0.3, 0.4) is 0 Å². The molecule has 3 N–H and O–H groups in total. The van der Waals surface area contributed by atoms with Gasteiger partial charge in [0.05, 0.1) is 0 Å². The number of hydrogen-bond acceptors (Lipinski definition) is 3. The molecule has 4 heteroatoms. The van der Waals surface area contributed by atoms with Crippen molar-refractivity contribution < 1.29 is 4.79 Å². The predicted octanol–water partition coefficient (Wildman–Crippen LogP) is 1.73. The van der Waals surface area contributed by atoms with Crippen molar-refractivity contribution in [2.24, 2.45) is 5.73 Å². The van der Waals surface area contributed by atoms with E-state index in [0.717, 1.165) is 24.2 Å². The molecule has 0 aliphatic rings. The largest absolute Gasteiger partial charge is 0.330 e. The summed E-state index contributed by atoms with van der Waals surface area (Å²) in [7, 11) is 4.03. The van der Waals surface area contributed by atoms with E-state index in [9.17, 15) is 4.79 Å². The highest BCUT2D eigenvalue weighted by molar-refractivity contribution is 5.91. The molecule has 0 aliphatic heterocycles. The van der Waals surface area contributed by atoms with Crippen LogP contribution in [0.15, 0.2) is 18.2 Å². The molecule has 1 aromatic rings. The summed E-state index contributed by atoms with van der Waals surface area (Å²) in [5.41, 5.74) is 8.64. The van der Waals surface area contributed by atoms with E-state index < -0.39 is 0 Å². The lowest BCUT2D eigenvalue weighted by atomic mass is 10.1. The lowest BCUT2D eigenvalue weighted by Crippen LogP contribution is -2.17. The number of carbonyl (C=O) groups is 1. The van der Waals surface area contributed by atoms with Gasteiger partial charge in [-0.05, 0) is 45.6 Å². The SMILES string of the molecule is Cc1ccc(NC(=O)CCCN)c(CN(C)C)c1. The molecule has 0 saturated carbocycles. The lowest BCUT2D eigenvalue weighted by Gasteiger charge is -2.15. The molecule has 0 atom stereocenters. The van der Waals surface area contributed by atoms with Crippen LogP contribution in [0.4, 0.5) is 5.69 Å². The third-order valence-corrected chi connectivity index (χ3v) is 2.63. The quantitative estimate of drug-likeness (QED) is 0.807. The number of nitrogens with zero attached hydrogens (tertiary/aromatic N) is 1. The number of anilines is 1. The molecule has 4 nitrogen and oxygen atoms in total. The zero-order valence-electron chi connectivity index (χ0n) is 11.5. The Balaban J connectivity index is 2.77. The van der Waals surface area contributed by atoms with Gasteiger partial charge in [0.1, 0.15) is 0 Å². The molecular weight excluding hydrogens is 226 g/mol. The number of carbonyl (C=O) groups excluding carboxylic acids is 1. The van der Waals surface area contributed by atoms with Gasteiger partial charge in [0.15, 0.2) is 0 Å². The molecule has 0 unspecified atom stereocenters. The normalized spacial score (nSPS) is 10.7. The summed E-state index contributed by atoms with van der Waals surface area (Å²) in [6.45, 7) is 3.42. The highest BCUT2D eigenvalue weighted by Crippen LogP contribution is 2.19. The first-order valence-electron chi connectivity index (χ1n) is 6.27. The Morgan fingerprint density at radius 2 is 2.11 bits per heavy atom. The molecule has 0 spiro atoms. The molecule has 0 aromatic heterocycles. The van der Waals surface area contributed by atoms with Crippen molar-refractivity contribution in [2.75, 3.05) is 26.0 Å². The minimum Gasteiger partial charge on any atom is -0.330 e.